The smallest absolute Gasteiger partial charge is 0.119 e. The molecule has 0 saturated heterocycles. The quantitative estimate of drug-likeness (QED) is 0.795. The first-order chi connectivity index (χ1) is 7.63. The average molecular weight is 222 g/mol. The predicted molar refractivity (Wildman–Crippen MR) is 67.8 cm³/mol. The third kappa shape index (κ3) is 4.21. The second-order valence-electron chi connectivity index (χ2n) is 4.31. The van der Waals surface area contributed by atoms with Crippen LogP contribution in [0.5, 0.6) is 5.75 Å². The Hall–Kier alpha value is -1.06. The topological polar surface area (TPSA) is 38.5 Å². The van der Waals surface area contributed by atoms with E-state index in [-0.39, 0.29) is 0 Å². The second kappa shape index (κ2) is 6.51. The molecule has 0 saturated carbocycles. The van der Waals surface area contributed by atoms with Gasteiger partial charge in [0.05, 0.1) is 6.61 Å². The number of hydrogen-bond acceptors (Lipinski definition) is 3. The van der Waals surface area contributed by atoms with Gasteiger partial charge in [-0.3, -0.25) is 0 Å². The summed E-state index contributed by atoms with van der Waals surface area (Å²) in [6.45, 7) is 3.45. The molecule has 0 amide bonds. The van der Waals surface area contributed by atoms with Crippen molar-refractivity contribution >= 4 is 0 Å². The lowest BCUT2D eigenvalue weighted by atomic mass is 10.2. The van der Waals surface area contributed by atoms with Gasteiger partial charge in [0.2, 0.25) is 0 Å². The fraction of sp³-hybridized carbons (Fsp3) is 0.538. The maximum absolute atomic E-state index is 5.69. The molecule has 0 bridgehead atoms. The summed E-state index contributed by atoms with van der Waals surface area (Å²) in [6.07, 6.45) is 0.956. The number of aryl methyl sites for hydroxylation is 1. The van der Waals surface area contributed by atoms with Gasteiger partial charge in [-0.05, 0) is 45.1 Å². The molecular formula is C13H22N2O. The molecule has 1 aromatic carbocycles. The maximum Gasteiger partial charge on any atom is 0.119 e. The monoisotopic (exact) mass is 222 g/mol. The molecule has 16 heavy (non-hydrogen) atoms. The summed E-state index contributed by atoms with van der Waals surface area (Å²) >= 11 is 0. The minimum atomic E-state index is 0.393. The summed E-state index contributed by atoms with van der Waals surface area (Å²) in [4.78, 5) is 2.14. The summed E-state index contributed by atoms with van der Waals surface area (Å²) in [5.41, 5.74) is 6.90. The van der Waals surface area contributed by atoms with Gasteiger partial charge in [-0.1, -0.05) is 12.1 Å². The lowest BCUT2D eigenvalue weighted by Gasteiger charge is -2.22. The van der Waals surface area contributed by atoms with E-state index in [1.807, 2.05) is 32.3 Å². The average Bonchev–Trinajstić information content (AvgIpc) is 2.24. The highest BCUT2D eigenvalue weighted by atomic mass is 16.5. The van der Waals surface area contributed by atoms with Crippen molar-refractivity contribution in [3.8, 4) is 5.75 Å². The van der Waals surface area contributed by atoms with E-state index >= 15 is 0 Å². The molecule has 0 aliphatic carbocycles. The van der Waals surface area contributed by atoms with Crippen LogP contribution in [-0.2, 0) is 0 Å². The van der Waals surface area contributed by atoms with Crippen LogP contribution in [0.1, 0.15) is 12.0 Å². The number of benzene rings is 1. The van der Waals surface area contributed by atoms with Crippen LogP contribution in [0.3, 0.4) is 0 Å². The first-order valence-corrected chi connectivity index (χ1v) is 5.69. The zero-order valence-electron chi connectivity index (χ0n) is 10.4. The van der Waals surface area contributed by atoms with E-state index in [0.717, 1.165) is 12.2 Å². The van der Waals surface area contributed by atoms with Gasteiger partial charge < -0.3 is 15.4 Å². The number of rotatable bonds is 6. The molecule has 1 atom stereocenters. The molecule has 1 rings (SSSR count). The zero-order valence-corrected chi connectivity index (χ0v) is 10.4. The Kier molecular flexibility index (Phi) is 5.29. The molecule has 0 spiro atoms. The molecule has 0 fully saturated rings. The van der Waals surface area contributed by atoms with E-state index in [1.54, 1.807) is 0 Å². The second-order valence-corrected chi connectivity index (χ2v) is 4.31. The molecule has 1 aromatic rings. The standard InChI is InChI=1S/C13H22N2O/c1-11-5-4-6-13(9-11)16-8-7-12(10-14)15(2)3/h4-6,9,12H,7-8,10,14H2,1-3H3. The van der Waals surface area contributed by atoms with E-state index < -0.39 is 0 Å². The molecule has 1 unspecified atom stereocenters. The fourth-order valence-corrected chi connectivity index (χ4v) is 1.60. The van der Waals surface area contributed by atoms with Gasteiger partial charge in [0.25, 0.3) is 0 Å². The van der Waals surface area contributed by atoms with Crippen LogP contribution in [-0.4, -0.2) is 38.2 Å². The number of ether oxygens (including phenoxy) is 1. The Morgan fingerprint density at radius 1 is 1.38 bits per heavy atom. The number of hydrogen-bond donors (Lipinski definition) is 1. The number of nitrogens with zero attached hydrogens (tertiary/aromatic N) is 1. The highest BCUT2D eigenvalue weighted by Crippen LogP contribution is 2.13. The largest absolute Gasteiger partial charge is 0.494 e. The Labute approximate surface area is 98.2 Å². The fourth-order valence-electron chi connectivity index (χ4n) is 1.60. The van der Waals surface area contributed by atoms with E-state index in [9.17, 15) is 0 Å². The van der Waals surface area contributed by atoms with Gasteiger partial charge in [-0.2, -0.15) is 0 Å². The van der Waals surface area contributed by atoms with Crippen molar-refractivity contribution in [3.05, 3.63) is 29.8 Å². The Bertz CT molecular complexity index is 313. The molecule has 0 heterocycles. The summed E-state index contributed by atoms with van der Waals surface area (Å²) in [6, 6.07) is 8.50. The Morgan fingerprint density at radius 2 is 2.12 bits per heavy atom. The predicted octanol–water partition coefficient (Wildman–Crippen LogP) is 1.65. The third-order valence-electron chi connectivity index (χ3n) is 2.71. The van der Waals surface area contributed by atoms with Gasteiger partial charge in [-0.15, -0.1) is 0 Å². The van der Waals surface area contributed by atoms with Crippen molar-refractivity contribution in [2.75, 3.05) is 27.2 Å². The van der Waals surface area contributed by atoms with E-state index in [4.69, 9.17) is 10.5 Å². The third-order valence-corrected chi connectivity index (χ3v) is 2.71. The summed E-state index contributed by atoms with van der Waals surface area (Å²) in [7, 11) is 4.09. The van der Waals surface area contributed by atoms with E-state index in [2.05, 4.69) is 17.9 Å². The molecule has 0 aromatic heterocycles. The van der Waals surface area contributed by atoms with Crippen LogP contribution in [0.15, 0.2) is 24.3 Å². The highest BCUT2D eigenvalue weighted by Gasteiger charge is 2.08. The molecule has 0 aliphatic heterocycles. The van der Waals surface area contributed by atoms with Crippen molar-refractivity contribution in [3.63, 3.8) is 0 Å². The first-order valence-electron chi connectivity index (χ1n) is 5.69. The van der Waals surface area contributed by atoms with Crippen LogP contribution < -0.4 is 10.5 Å². The first kappa shape index (κ1) is 13.0. The molecule has 2 N–H and O–H groups in total. The summed E-state index contributed by atoms with van der Waals surface area (Å²) in [5, 5.41) is 0. The van der Waals surface area contributed by atoms with Crippen molar-refractivity contribution in [1.29, 1.82) is 0 Å². The maximum atomic E-state index is 5.69. The summed E-state index contributed by atoms with van der Waals surface area (Å²) < 4.78 is 5.69. The molecule has 90 valence electrons. The van der Waals surface area contributed by atoms with Crippen LogP contribution in [0.25, 0.3) is 0 Å². The molecule has 3 heteroatoms. The molecular weight excluding hydrogens is 200 g/mol. The number of nitrogens with two attached hydrogens (primary N) is 1. The van der Waals surface area contributed by atoms with Gasteiger partial charge in [-0.25, -0.2) is 0 Å². The van der Waals surface area contributed by atoms with Crippen molar-refractivity contribution < 1.29 is 4.74 Å². The molecule has 0 aliphatic rings. The van der Waals surface area contributed by atoms with E-state index in [1.165, 1.54) is 5.56 Å². The SMILES string of the molecule is Cc1cccc(OCCC(CN)N(C)C)c1. The minimum absolute atomic E-state index is 0.393. The van der Waals surface area contributed by atoms with E-state index in [0.29, 0.717) is 19.2 Å². The van der Waals surface area contributed by atoms with Crippen molar-refractivity contribution in [2.24, 2.45) is 5.73 Å². The Morgan fingerprint density at radius 3 is 2.69 bits per heavy atom. The lowest BCUT2D eigenvalue weighted by Crippen LogP contribution is -2.36. The Balaban J connectivity index is 2.35. The molecule has 3 nitrogen and oxygen atoms in total. The van der Waals surface area contributed by atoms with Crippen LogP contribution in [0.2, 0.25) is 0 Å². The van der Waals surface area contributed by atoms with Crippen molar-refractivity contribution in [1.82, 2.24) is 4.90 Å². The van der Waals surface area contributed by atoms with Gasteiger partial charge >= 0.3 is 0 Å². The highest BCUT2D eigenvalue weighted by molar-refractivity contribution is 5.27. The number of likely N-dealkylation sites (N-methyl/N-ethyl adjacent to an activating group) is 1. The van der Waals surface area contributed by atoms with Gasteiger partial charge in [0.15, 0.2) is 0 Å². The molecule has 0 radical (unpaired) electrons. The van der Waals surface area contributed by atoms with Crippen LogP contribution in [0, 0.1) is 6.92 Å². The van der Waals surface area contributed by atoms with Crippen LogP contribution in [0.4, 0.5) is 0 Å². The van der Waals surface area contributed by atoms with Gasteiger partial charge in [0.1, 0.15) is 5.75 Å². The lowest BCUT2D eigenvalue weighted by molar-refractivity contribution is 0.225. The summed E-state index contributed by atoms with van der Waals surface area (Å²) in [5.74, 6) is 0.939. The van der Waals surface area contributed by atoms with Crippen molar-refractivity contribution in [2.45, 2.75) is 19.4 Å². The normalized spacial score (nSPS) is 12.8. The minimum Gasteiger partial charge on any atom is -0.494 e. The van der Waals surface area contributed by atoms with Crippen LogP contribution >= 0.6 is 0 Å². The zero-order chi connectivity index (χ0) is 12.0. The van der Waals surface area contributed by atoms with Gasteiger partial charge in [0, 0.05) is 12.6 Å².